The first-order valence-corrected chi connectivity index (χ1v) is 10.3. The topological polar surface area (TPSA) is 77.5 Å². The second-order valence-corrected chi connectivity index (χ2v) is 8.60. The van der Waals surface area contributed by atoms with Crippen molar-refractivity contribution in [3.8, 4) is 0 Å². The molecule has 2 bridgehead atoms. The molecule has 2 atom stereocenters. The van der Waals surface area contributed by atoms with Crippen molar-refractivity contribution in [2.75, 3.05) is 4.90 Å². The Labute approximate surface area is 178 Å². The Bertz CT molecular complexity index is 1250. The number of carboxylic acids is 1. The van der Waals surface area contributed by atoms with Gasteiger partial charge < -0.3 is 9.90 Å². The van der Waals surface area contributed by atoms with Gasteiger partial charge in [-0.2, -0.15) is 0 Å². The van der Waals surface area contributed by atoms with Gasteiger partial charge in [-0.3, -0.25) is 9.59 Å². The summed E-state index contributed by atoms with van der Waals surface area (Å²) >= 11 is 0. The van der Waals surface area contributed by atoms with Gasteiger partial charge in [0.25, 0.3) is 0 Å². The number of rotatable bonds is 2. The van der Waals surface area contributed by atoms with E-state index in [0.717, 1.165) is 16.7 Å². The smallest absolute Gasteiger partial charge is 0.239 e. The first-order chi connectivity index (χ1) is 15.0. The Morgan fingerprint density at radius 2 is 1.39 bits per heavy atom. The molecule has 3 aromatic carbocycles. The number of imide groups is 1. The third kappa shape index (κ3) is 1.99. The highest BCUT2D eigenvalue weighted by Gasteiger charge is 2.68. The molecule has 7 rings (SSSR count). The van der Waals surface area contributed by atoms with Crippen LogP contribution in [-0.4, -0.2) is 17.8 Å². The van der Waals surface area contributed by atoms with Gasteiger partial charge >= 0.3 is 0 Å². The molecule has 152 valence electrons. The number of aliphatic carboxylic acids is 1. The van der Waals surface area contributed by atoms with Crippen molar-refractivity contribution in [2.45, 2.75) is 18.3 Å². The highest BCUT2D eigenvalue weighted by atomic mass is 16.4. The van der Waals surface area contributed by atoms with Crippen LogP contribution < -0.4 is 10.0 Å². The molecule has 0 radical (unpaired) electrons. The molecule has 0 aromatic heterocycles. The molecular formula is C26H18NO4-. The molecule has 0 spiro atoms. The Hall–Kier alpha value is -3.73. The van der Waals surface area contributed by atoms with Gasteiger partial charge in [0, 0.05) is 5.92 Å². The summed E-state index contributed by atoms with van der Waals surface area (Å²) in [4.78, 5) is 41.6. The van der Waals surface area contributed by atoms with Crippen LogP contribution in [0.25, 0.3) is 0 Å². The molecular weight excluding hydrogens is 390 g/mol. The van der Waals surface area contributed by atoms with Gasteiger partial charge in [0.15, 0.2) is 0 Å². The molecule has 0 saturated carbocycles. The Kier molecular flexibility index (Phi) is 3.45. The Balaban J connectivity index is 1.67. The average Bonchev–Trinajstić information content (AvgIpc) is 3.05. The molecule has 5 nitrogen and oxygen atoms in total. The zero-order valence-corrected chi connectivity index (χ0v) is 16.7. The molecule has 3 aromatic rings. The summed E-state index contributed by atoms with van der Waals surface area (Å²) in [5, 5.41) is 12.9. The van der Waals surface area contributed by atoms with Crippen molar-refractivity contribution in [3.05, 3.63) is 101 Å². The van der Waals surface area contributed by atoms with Gasteiger partial charge in [0.05, 0.1) is 28.9 Å². The number of nitrogens with zero attached hydrogens (tertiary/aromatic N) is 1. The standard InChI is InChI=1S/C26H19NO4/c1-14-10-12-15(13-11-14)27-23(28)21-20-16-6-2-4-8-18(16)26(25(30)31,22(21)24(27)29)19-9-5-3-7-17(19)20/h2-13,20-22H,1H3,(H,30,31)/p-1/t20?,21-,22-,26?/m0/s1. The molecule has 0 N–H and O–H groups in total. The number of benzene rings is 3. The van der Waals surface area contributed by atoms with Crippen molar-refractivity contribution in [1.82, 2.24) is 0 Å². The summed E-state index contributed by atoms with van der Waals surface area (Å²) in [6.07, 6.45) is 0. The zero-order chi connectivity index (χ0) is 21.5. The first kappa shape index (κ1) is 18.1. The zero-order valence-electron chi connectivity index (χ0n) is 16.7. The summed E-state index contributed by atoms with van der Waals surface area (Å²) in [5.41, 5.74) is 2.48. The van der Waals surface area contributed by atoms with Gasteiger partial charge in [-0.15, -0.1) is 0 Å². The van der Waals surface area contributed by atoms with E-state index < -0.39 is 29.1 Å². The lowest BCUT2D eigenvalue weighted by Gasteiger charge is -2.54. The number of hydrogen-bond acceptors (Lipinski definition) is 4. The van der Waals surface area contributed by atoms with E-state index in [-0.39, 0.29) is 11.8 Å². The summed E-state index contributed by atoms with van der Waals surface area (Å²) in [6.45, 7) is 1.93. The molecule has 4 aliphatic rings. The van der Waals surface area contributed by atoms with Gasteiger partial charge in [-0.1, -0.05) is 66.2 Å². The molecule has 1 aliphatic heterocycles. The SMILES string of the molecule is Cc1ccc(N2C(=O)[C@@H]3[C@@H](C2=O)C2c4ccccc4C3(C(=O)[O-])c3ccccc32)cc1. The van der Waals surface area contributed by atoms with Crippen molar-refractivity contribution in [1.29, 1.82) is 0 Å². The van der Waals surface area contributed by atoms with E-state index in [1.54, 1.807) is 36.4 Å². The molecule has 5 heteroatoms. The third-order valence-corrected chi connectivity index (χ3v) is 7.23. The minimum Gasteiger partial charge on any atom is -0.549 e. The van der Waals surface area contributed by atoms with Crippen LogP contribution in [0.15, 0.2) is 72.8 Å². The molecule has 0 unspecified atom stereocenters. The average molecular weight is 408 g/mol. The number of hydrogen-bond donors (Lipinski definition) is 0. The lowest BCUT2D eigenvalue weighted by atomic mass is 9.47. The summed E-state index contributed by atoms with van der Waals surface area (Å²) in [5.74, 6) is -4.36. The van der Waals surface area contributed by atoms with Crippen molar-refractivity contribution < 1.29 is 19.5 Å². The van der Waals surface area contributed by atoms with Gasteiger partial charge in [0.2, 0.25) is 11.8 Å². The lowest BCUT2D eigenvalue weighted by molar-refractivity contribution is -0.314. The van der Waals surface area contributed by atoms with E-state index in [1.165, 1.54) is 4.90 Å². The second-order valence-electron chi connectivity index (χ2n) is 8.60. The van der Waals surface area contributed by atoms with Crippen LogP contribution in [0.4, 0.5) is 5.69 Å². The number of anilines is 1. The maximum atomic E-state index is 13.8. The summed E-state index contributed by atoms with van der Waals surface area (Å²) in [6, 6.07) is 21.7. The van der Waals surface area contributed by atoms with Crippen molar-refractivity contribution >= 4 is 23.5 Å². The van der Waals surface area contributed by atoms with Crippen LogP contribution in [0.2, 0.25) is 0 Å². The quantitative estimate of drug-likeness (QED) is 0.610. The monoisotopic (exact) mass is 408 g/mol. The van der Waals surface area contributed by atoms with Crippen LogP contribution >= 0.6 is 0 Å². The van der Waals surface area contributed by atoms with E-state index in [0.29, 0.717) is 16.8 Å². The van der Waals surface area contributed by atoms with Crippen LogP contribution in [0.5, 0.6) is 0 Å². The normalized spacial score (nSPS) is 27.6. The second kappa shape index (κ2) is 5.91. The van der Waals surface area contributed by atoms with E-state index in [2.05, 4.69) is 0 Å². The lowest BCUT2D eigenvalue weighted by Crippen LogP contribution is -2.61. The highest BCUT2D eigenvalue weighted by molar-refractivity contribution is 6.25. The molecule has 1 saturated heterocycles. The third-order valence-electron chi connectivity index (χ3n) is 7.23. The Morgan fingerprint density at radius 1 is 0.839 bits per heavy atom. The van der Waals surface area contributed by atoms with Crippen LogP contribution in [-0.2, 0) is 19.8 Å². The van der Waals surface area contributed by atoms with E-state index in [9.17, 15) is 19.5 Å². The number of carboxylic acid groups (broad SMARTS) is 1. The van der Waals surface area contributed by atoms with Crippen molar-refractivity contribution in [2.24, 2.45) is 11.8 Å². The predicted octanol–water partition coefficient (Wildman–Crippen LogP) is 2.30. The van der Waals surface area contributed by atoms with E-state index >= 15 is 0 Å². The summed E-state index contributed by atoms with van der Waals surface area (Å²) in [7, 11) is 0. The molecule has 1 fully saturated rings. The summed E-state index contributed by atoms with van der Waals surface area (Å²) < 4.78 is 0. The van der Waals surface area contributed by atoms with Gasteiger partial charge in [-0.25, -0.2) is 4.90 Å². The largest absolute Gasteiger partial charge is 0.549 e. The predicted molar refractivity (Wildman–Crippen MR) is 111 cm³/mol. The van der Waals surface area contributed by atoms with Crippen molar-refractivity contribution in [3.63, 3.8) is 0 Å². The van der Waals surface area contributed by atoms with Crippen LogP contribution in [0.1, 0.15) is 33.7 Å². The first-order valence-electron chi connectivity index (χ1n) is 10.3. The minimum atomic E-state index is -1.70. The molecule has 1 heterocycles. The molecule has 2 amide bonds. The fraction of sp³-hybridized carbons (Fsp3) is 0.192. The fourth-order valence-corrected chi connectivity index (χ4v) is 6.07. The van der Waals surface area contributed by atoms with Gasteiger partial charge in [0.1, 0.15) is 0 Å². The maximum absolute atomic E-state index is 13.8. The number of amides is 2. The number of carbonyl (C=O) groups excluding carboxylic acids is 3. The highest BCUT2D eigenvalue weighted by Crippen LogP contribution is 2.64. The fourth-order valence-electron chi connectivity index (χ4n) is 6.07. The van der Waals surface area contributed by atoms with Gasteiger partial charge in [-0.05, 0) is 41.3 Å². The molecule has 3 aliphatic carbocycles. The van der Waals surface area contributed by atoms with Crippen LogP contribution in [0.3, 0.4) is 0 Å². The van der Waals surface area contributed by atoms with E-state index in [4.69, 9.17) is 0 Å². The van der Waals surface area contributed by atoms with Crippen LogP contribution in [0, 0.1) is 18.8 Å². The number of aryl methyl sites for hydroxylation is 1. The molecule has 31 heavy (non-hydrogen) atoms. The van der Waals surface area contributed by atoms with E-state index in [1.807, 2.05) is 43.3 Å². The number of carbonyl (C=O) groups is 3. The minimum absolute atomic E-state index is 0.349. The maximum Gasteiger partial charge on any atom is 0.239 e. The Morgan fingerprint density at radius 3 is 1.94 bits per heavy atom.